The molecule has 2 aromatic heterocycles. The van der Waals surface area contributed by atoms with Gasteiger partial charge in [0.2, 0.25) is 5.91 Å². The molecule has 0 fully saturated rings. The number of aryl methyl sites for hydroxylation is 1. The van der Waals surface area contributed by atoms with Gasteiger partial charge in [-0.2, -0.15) is 5.21 Å². The van der Waals surface area contributed by atoms with Crippen LogP contribution in [0.3, 0.4) is 0 Å². The minimum atomic E-state index is -0.0214. The lowest BCUT2D eigenvalue weighted by molar-refractivity contribution is -0.123. The van der Waals surface area contributed by atoms with Crippen LogP contribution in [0.1, 0.15) is 35.0 Å². The smallest absolute Gasteiger partial charge is 0.227 e. The van der Waals surface area contributed by atoms with Gasteiger partial charge in [-0.1, -0.05) is 5.21 Å². The number of tetrazole rings is 1. The Balaban J connectivity index is 1.67. The number of fused-ring (bicyclic) bond motifs is 1. The van der Waals surface area contributed by atoms with Crippen LogP contribution in [0.4, 0.5) is 0 Å². The van der Waals surface area contributed by atoms with Crippen LogP contribution in [0.15, 0.2) is 11.4 Å². The van der Waals surface area contributed by atoms with E-state index in [0.717, 1.165) is 19.3 Å². The molecule has 18 heavy (non-hydrogen) atoms. The summed E-state index contributed by atoms with van der Waals surface area (Å²) in [5, 5.41) is 18.4. The zero-order chi connectivity index (χ0) is 12.4. The van der Waals surface area contributed by atoms with Crippen molar-refractivity contribution < 1.29 is 4.79 Å². The molecule has 1 unspecified atom stereocenters. The first-order valence-electron chi connectivity index (χ1n) is 5.91. The van der Waals surface area contributed by atoms with Crippen molar-refractivity contribution in [1.29, 1.82) is 0 Å². The number of amides is 1. The summed E-state index contributed by atoms with van der Waals surface area (Å²) in [5.74, 6) is 0.538. The Morgan fingerprint density at radius 2 is 2.56 bits per heavy atom. The molecular formula is C11H13N5OS. The van der Waals surface area contributed by atoms with E-state index >= 15 is 0 Å². The van der Waals surface area contributed by atoms with E-state index < -0.39 is 0 Å². The van der Waals surface area contributed by atoms with Crippen molar-refractivity contribution >= 4 is 17.2 Å². The first kappa shape index (κ1) is 11.3. The third-order valence-electron chi connectivity index (χ3n) is 3.18. The van der Waals surface area contributed by atoms with Crippen molar-refractivity contribution in [2.75, 3.05) is 0 Å². The molecule has 2 heterocycles. The number of hydrogen-bond acceptors (Lipinski definition) is 5. The number of hydrogen-bond donors (Lipinski definition) is 2. The summed E-state index contributed by atoms with van der Waals surface area (Å²) in [5.41, 5.74) is 1.19. The average molecular weight is 263 g/mol. The van der Waals surface area contributed by atoms with Crippen LogP contribution in [0.25, 0.3) is 0 Å². The lowest BCUT2D eigenvalue weighted by atomic mass is 9.87. The summed E-state index contributed by atoms with van der Waals surface area (Å²) in [6.45, 7) is 0.325. The van der Waals surface area contributed by atoms with Crippen LogP contribution in [0, 0.1) is 0 Å². The second kappa shape index (κ2) is 4.85. The molecule has 94 valence electrons. The predicted molar refractivity (Wildman–Crippen MR) is 66.0 cm³/mol. The topological polar surface area (TPSA) is 83.6 Å². The molecule has 0 saturated heterocycles. The number of rotatable bonds is 3. The minimum Gasteiger partial charge on any atom is -0.348 e. The molecule has 0 aromatic carbocycles. The van der Waals surface area contributed by atoms with E-state index in [2.05, 4.69) is 37.4 Å². The molecule has 1 amide bonds. The minimum absolute atomic E-state index is 0.0214. The molecule has 3 rings (SSSR count). The SMILES string of the molecule is O=C(NCc1nn[nH]n1)C1CCCc2sccc21. The van der Waals surface area contributed by atoms with Gasteiger partial charge in [0, 0.05) is 4.88 Å². The van der Waals surface area contributed by atoms with E-state index in [1.165, 1.54) is 10.4 Å². The van der Waals surface area contributed by atoms with E-state index in [1.54, 1.807) is 11.3 Å². The molecule has 0 radical (unpaired) electrons. The fourth-order valence-electron chi connectivity index (χ4n) is 2.31. The Hall–Kier alpha value is -1.76. The number of nitrogens with zero attached hydrogens (tertiary/aromatic N) is 3. The largest absolute Gasteiger partial charge is 0.348 e. The van der Waals surface area contributed by atoms with Gasteiger partial charge >= 0.3 is 0 Å². The first-order chi connectivity index (χ1) is 8.84. The van der Waals surface area contributed by atoms with E-state index in [0.29, 0.717) is 12.4 Å². The van der Waals surface area contributed by atoms with Gasteiger partial charge in [-0.3, -0.25) is 4.79 Å². The van der Waals surface area contributed by atoms with Gasteiger partial charge in [0.1, 0.15) is 0 Å². The fraction of sp³-hybridized carbons (Fsp3) is 0.455. The Kier molecular flexibility index (Phi) is 3.06. The number of nitrogens with one attached hydrogen (secondary N) is 2. The average Bonchev–Trinajstić information content (AvgIpc) is 3.05. The van der Waals surface area contributed by atoms with E-state index in [4.69, 9.17) is 0 Å². The highest BCUT2D eigenvalue weighted by molar-refractivity contribution is 7.10. The molecule has 0 saturated carbocycles. The maximum absolute atomic E-state index is 12.2. The fourth-order valence-corrected chi connectivity index (χ4v) is 3.29. The lowest BCUT2D eigenvalue weighted by Crippen LogP contribution is -2.30. The molecule has 0 spiro atoms. The van der Waals surface area contributed by atoms with Crippen molar-refractivity contribution in [2.24, 2.45) is 0 Å². The summed E-state index contributed by atoms with van der Waals surface area (Å²) in [6, 6.07) is 2.07. The molecule has 0 bridgehead atoms. The van der Waals surface area contributed by atoms with Crippen LogP contribution >= 0.6 is 11.3 Å². The van der Waals surface area contributed by atoms with Crippen molar-refractivity contribution in [2.45, 2.75) is 31.7 Å². The summed E-state index contributed by atoms with van der Waals surface area (Å²) < 4.78 is 0. The Morgan fingerprint density at radius 1 is 1.61 bits per heavy atom. The van der Waals surface area contributed by atoms with Crippen LogP contribution in [-0.2, 0) is 17.8 Å². The quantitative estimate of drug-likeness (QED) is 0.865. The normalized spacial score (nSPS) is 18.3. The molecule has 0 aliphatic heterocycles. The van der Waals surface area contributed by atoms with Crippen LogP contribution < -0.4 is 5.32 Å². The number of carbonyl (C=O) groups is 1. The van der Waals surface area contributed by atoms with Crippen molar-refractivity contribution in [3.05, 3.63) is 27.7 Å². The van der Waals surface area contributed by atoms with Gasteiger partial charge in [-0.25, -0.2) is 0 Å². The Morgan fingerprint density at radius 3 is 3.39 bits per heavy atom. The summed E-state index contributed by atoms with van der Waals surface area (Å²) in [6.07, 6.45) is 3.09. The third-order valence-corrected chi connectivity index (χ3v) is 4.17. The highest BCUT2D eigenvalue weighted by Crippen LogP contribution is 2.34. The van der Waals surface area contributed by atoms with E-state index in [9.17, 15) is 4.79 Å². The Labute approximate surface area is 108 Å². The third kappa shape index (κ3) is 2.13. The zero-order valence-electron chi connectivity index (χ0n) is 9.72. The van der Waals surface area contributed by atoms with Gasteiger partial charge in [0.05, 0.1) is 12.5 Å². The molecule has 2 aromatic rings. The second-order valence-electron chi connectivity index (χ2n) is 4.29. The number of carbonyl (C=O) groups excluding carboxylic acids is 1. The molecule has 2 N–H and O–H groups in total. The molecule has 6 nitrogen and oxygen atoms in total. The maximum Gasteiger partial charge on any atom is 0.227 e. The van der Waals surface area contributed by atoms with E-state index in [-0.39, 0.29) is 11.8 Å². The van der Waals surface area contributed by atoms with Crippen LogP contribution in [0.2, 0.25) is 0 Å². The Bertz CT molecular complexity index is 535. The molecule has 1 aliphatic rings. The van der Waals surface area contributed by atoms with Crippen molar-refractivity contribution in [1.82, 2.24) is 25.9 Å². The highest BCUT2D eigenvalue weighted by atomic mass is 32.1. The molecule has 7 heteroatoms. The molecular weight excluding hydrogens is 250 g/mol. The first-order valence-corrected chi connectivity index (χ1v) is 6.79. The van der Waals surface area contributed by atoms with Crippen molar-refractivity contribution in [3.63, 3.8) is 0 Å². The predicted octanol–water partition coefficient (Wildman–Crippen LogP) is 0.997. The number of aromatic amines is 1. The monoisotopic (exact) mass is 263 g/mol. The van der Waals surface area contributed by atoms with Gasteiger partial charge in [0.25, 0.3) is 0 Å². The number of thiophene rings is 1. The van der Waals surface area contributed by atoms with Gasteiger partial charge in [-0.05, 0) is 36.3 Å². The zero-order valence-corrected chi connectivity index (χ0v) is 10.5. The lowest BCUT2D eigenvalue weighted by Gasteiger charge is -2.21. The second-order valence-corrected chi connectivity index (χ2v) is 5.29. The highest BCUT2D eigenvalue weighted by Gasteiger charge is 2.27. The van der Waals surface area contributed by atoms with Crippen LogP contribution in [0.5, 0.6) is 0 Å². The number of H-pyrrole nitrogens is 1. The summed E-state index contributed by atoms with van der Waals surface area (Å²) in [7, 11) is 0. The van der Waals surface area contributed by atoms with Crippen LogP contribution in [-0.4, -0.2) is 26.5 Å². The van der Waals surface area contributed by atoms with Crippen molar-refractivity contribution in [3.8, 4) is 0 Å². The summed E-state index contributed by atoms with van der Waals surface area (Å²) in [4.78, 5) is 13.5. The van der Waals surface area contributed by atoms with E-state index in [1.807, 2.05) is 0 Å². The summed E-state index contributed by atoms with van der Waals surface area (Å²) >= 11 is 1.74. The van der Waals surface area contributed by atoms with Gasteiger partial charge < -0.3 is 5.32 Å². The maximum atomic E-state index is 12.2. The van der Waals surface area contributed by atoms with Gasteiger partial charge in [-0.15, -0.1) is 21.5 Å². The number of aromatic nitrogens is 4. The molecule has 1 atom stereocenters. The standard InChI is InChI=1S/C11H13N5OS/c17-11(12-6-10-13-15-16-14-10)8-2-1-3-9-7(8)4-5-18-9/h4-5,8H,1-3,6H2,(H,12,17)(H,13,14,15,16). The molecule has 1 aliphatic carbocycles. The van der Waals surface area contributed by atoms with Gasteiger partial charge in [0.15, 0.2) is 5.82 Å².